The van der Waals surface area contributed by atoms with E-state index in [0.29, 0.717) is 37.4 Å². The van der Waals surface area contributed by atoms with Crippen LogP contribution in [-0.2, 0) is 4.74 Å². The highest BCUT2D eigenvalue weighted by Gasteiger charge is 2.32. The summed E-state index contributed by atoms with van der Waals surface area (Å²) in [6, 6.07) is 1.83. The maximum Gasteiger partial charge on any atom is 0.414 e. The van der Waals surface area contributed by atoms with Gasteiger partial charge in [0.1, 0.15) is 11.4 Å². The van der Waals surface area contributed by atoms with Gasteiger partial charge in [-0.3, -0.25) is 4.90 Å². The number of aliphatic hydroxyl groups is 4. The molecule has 0 saturated carbocycles. The SMILES string of the molecule is CN(C(=O)OC(C)(C)C)c1cnc(N2C[C@H](O)C[C@@H]2CO)cc1I.OC[C@H]1C[C@@H](O)CN1. The maximum atomic E-state index is 12.2. The molecule has 0 aromatic carbocycles. The first kappa shape index (κ1) is 27.0. The maximum absolute atomic E-state index is 12.2. The fraction of sp³-hybridized carbons (Fsp3) is 0.714. The third-order valence-electron chi connectivity index (χ3n) is 5.16. The second-order valence-corrected chi connectivity index (χ2v) is 10.3. The van der Waals surface area contributed by atoms with Crippen LogP contribution in [0.1, 0.15) is 33.6 Å². The fourth-order valence-electron chi connectivity index (χ4n) is 3.53. The highest BCUT2D eigenvalue weighted by molar-refractivity contribution is 14.1. The van der Waals surface area contributed by atoms with Crippen molar-refractivity contribution in [3.05, 3.63) is 15.8 Å². The van der Waals surface area contributed by atoms with Gasteiger partial charge >= 0.3 is 6.09 Å². The number of nitrogens with one attached hydrogen (secondary N) is 1. The van der Waals surface area contributed by atoms with Crippen LogP contribution >= 0.6 is 22.6 Å². The van der Waals surface area contributed by atoms with Crippen molar-refractivity contribution in [1.82, 2.24) is 10.3 Å². The van der Waals surface area contributed by atoms with Gasteiger partial charge in [0.25, 0.3) is 0 Å². The normalized spacial score (nSPS) is 25.3. The van der Waals surface area contributed by atoms with Crippen LogP contribution in [0.25, 0.3) is 0 Å². The second-order valence-electron chi connectivity index (χ2n) is 9.09. The van der Waals surface area contributed by atoms with Gasteiger partial charge < -0.3 is 35.4 Å². The zero-order chi connectivity index (χ0) is 24.1. The number of amides is 1. The molecule has 10 nitrogen and oxygen atoms in total. The summed E-state index contributed by atoms with van der Waals surface area (Å²) in [5.74, 6) is 0.677. The van der Waals surface area contributed by atoms with Gasteiger partial charge in [0.05, 0.1) is 43.3 Å². The molecule has 3 heterocycles. The lowest BCUT2D eigenvalue weighted by Crippen LogP contribution is -2.35. The molecule has 0 aliphatic carbocycles. The monoisotopic (exact) mass is 566 g/mol. The number of aromatic nitrogens is 1. The van der Waals surface area contributed by atoms with Gasteiger partial charge in [-0.15, -0.1) is 0 Å². The van der Waals surface area contributed by atoms with E-state index in [-0.39, 0.29) is 31.4 Å². The molecule has 0 bridgehead atoms. The molecule has 4 atom stereocenters. The van der Waals surface area contributed by atoms with Gasteiger partial charge in [0.15, 0.2) is 0 Å². The lowest BCUT2D eigenvalue weighted by molar-refractivity contribution is 0.0589. The van der Waals surface area contributed by atoms with E-state index >= 15 is 0 Å². The van der Waals surface area contributed by atoms with Crippen molar-refractivity contribution in [2.24, 2.45) is 0 Å². The molecule has 5 N–H and O–H groups in total. The Labute approximate surface area is 202 Å². The van der Waals surface area contributed by atoms with Gasteiger partial charge in [-0.1, -0.05) is 0 Å². The molecule has 1 aromatic heterocycles. The lowest BCUT2D eigenvalue weighted by Gasteiger charge is -2.27. The number of carbonyl (C=O) groups excluding carboxylic acids is 1. The van der Waals surface area contributed by atoms with Crippen LogP contribution in [0.2, 0.25) is 0 Å². The van der Waals surface area contributed by atoms with Crippen molar-refractivity contribution in [2.75, 3.05) is 43.2 Å². The Bertz CT molecular complexity index is 762. The number of nitrogens with zero attached hydrogens (tertiary/aromatic N) is 3. The Morgan fingerprint density at radius 2 is 1.97 bits per heavy atom. The molecule has 182 valence electrons. The zero-order valence-corrected chi connectivity index (χ0v) is 21.2. The highest BCUT2D eigenvalue weighted by atomic mass is 127. The number of ether oxygens (including phenoxy) is 1. The topological polar surface area (TPSA) is 139 Å². The molecule has 2 aliphatic rings. The van der Waals surface area contributed by atoms with Gasteiger partial charge in [-0.2, -0.15) is 0 Å². The van der Waals surface area contributed by atoms with Crippen molar-refractivity contribution in [1.29, 1.82) is 0 Å². The number of anilines is 2. The molecule has 1 amide bonds. The minimum absolute atomic E-state index is 0.0329. The van der Waals surface area contributed by atoms with E-state index in [1.165, 1.54) is 4.90 Å². The Hall–Kier alpha value is -1.25. The smallest absolute Gasteiger partial charge is 0.414 e. The van der Waals surface area contributed by atoms with Crippen LogP contribution in [0.3, 0.4) is 0 Å². The van der Waals surface area contributed by atoms with Crippen molar-refractivity contribution in [2.45, 2.75) is 63.5 Å². The van der Waals surface area contributed by atoms with Crippen LogP contribution in [0, 0.1) is 3.57 Å². The summed E-state index contributed by atoms with van der Waals surface area (Å²) < 4.78 is 6.20. The molecule has 2 fully saturated rings. The Kier molecular flexibility index (Phi) is 9.91. The summed E-state index contributed by atoms with van der Waals surface area (Å²) in [5, 5.41) is 39.6. The molecule has 0 unspecified atom stereocenters. The fourth-order valence-corrected chi connectivity index (χ4v) is 4.31. The Balaban J connectivity index is 0.000000380. The first-order chi connectivity index (χ1) is 14.9. The number of β-amino-alcohol motifs (C(OH)–C–C–N with tert-alkyl or cyclic N) is 2. The van der Waals surface area contributed by atoms with Crippen LogP contribution in [-0.4, -0.2) is 94.7 Å². The third kappa shape index (κ3) is 7.66. The van der Waals surface area contributed by atoms with E-state index in [4.69, 9.17) is 14.9 Å². The predicted molar refractivity (Wildman–Crippen MR) is 130 cm³/mol. The summed E-state index contributed by atoms with van der Waals surface area (Å²) in [7, 11) is 1.64. The van der Waals surface area contributed by atoms with Gasteiger partial charge in [-0.05, 0) is 62.3 Å². The average molecular weight is 566 g/mol. The second kappa shape index (κ2) is 11.7. The summed E-state index contributed by atoms with van der Waals surface area (Å²) >= 11 is 2.14. The molecule has 1 aromatic rings. The molecule has 0 radical (unpaired) electrons. The number of aliphatic hydroxyl groups excluding tert-OH is 4. The largest absolute Gasteiger partial charge is 0.443 e. The number of pyridine rings is 1. The lowest BCUT2D eigenvalue weighted by atomic mass is 10.2. The van der Waals surface area contributed by atoms with E-state index < -0.39 is 17.8 Å². The van der Waals surface area contributed by atoms with Crippen molar-refractivity contribution in [3.63, 3.8) is 0 Å². The standard InChI is InChI=1S/C16H24IN3O4.C5H11NO2/c1-16(2,3)24-15(23)19(4)13-7-18-14(6-12(13)17)20-8-11(22)5-10(20)9-21;7-3-4-1-5(8)2-6-4/h6-7,10-11,21-22H,5,8-9H2,1-4H3;4-8H,1-3H2/t10-,11-;4-,5-/m11/s1. The minimum atomic E-state index is -0.565. The highest BCUT2D eigenvalue weighted by Crippen LogP contribution is 2.29. The van der Waals surface area contributed by atoms with E-state index in [2.05, 4.69) is 32.9 Å². The van der Waals surface area contributed by atoms with E-state index in [1.54, 1.807) is 13.2 Å². The molecule has 2 saturated heterocycles. The molecule has 0 spiro atoms. The molecule has 3 rings (SSSR count). The van der Waals surface area contributed by atoms with Crippen LogP contribution in [0.4, 0.5) is 16.3 Å². The Morgan fingerprint density at radius 1 is 1.28 bits per heavy atom. The minimum Gasteiger partial charge on any atom is -0.443 e. The van der Waals surface area contributed by atoms with Crippen LogP contribution in [0.15, 0.2) is 12.3 Å². The van der Waals surface area contributed by atoms with Crippen molar-refractivity contribution >= 4 is 40.2 Å². The van der Waals surface area contributed by atoms with Gasteiger partial charge in [-0.25, -0.2) is 9.78 Å². The quantitative estimate of drug-likeness (QED) is 0.334. The molecule has 2 aliphatic heterocycles. The molecular weight excluding hydrogens is 531 g/mol. The first-order valence-electron chi connectivity index (χ1n) is 10.6. The average Bonchev–Trinajstić information content (AvgIpc) is 3.31. The van der Waals surface area contributed by atoms with Gasteiger partial charge in [0.2, 0.25) is 0 Å². The summed E-state index contributed by atoms with van der Waals surface area (Å²) in [6.45, 7) is 6.63. The van der Waals surface area contributed by atoms with Crippen LogP contribution in [0.5, 0.6) is 0 Å². The molecule has 11 heteroatoms. The zero-order valence-electron chi connectivity index (χ0n) is 19.0. The van der Waals surface area contributed by atoms with Crippen LogP contribution < -0.4 is 15.1 Å². The first-order valence-corrected chi connectivity index (χ1v) is 11.7. The third-order valence-corrected chi connectivity index (χ3v) is 6.03. The number of rotatable bonds is 4. The van der Waals surface area contributed by atoms with E-state index in [9.17, 15) is 15.0 Å². The summed E-state index contributed by atoms with van der Waals surface area (Å²) in [6.07, 6.45) is 1.67. The van der Waals surface area contributed by atoms with E-state index in [0.717, 1.165) is 3.57 Å². The predicted octanol–water partition coefficient (Wildman–Crippen LogP) is 0.691. The van der Waals surface area contributed by atoms with Crippen molar-refractivity contribution < 1.29 is 30.0 Å². The number of hydrogen-bond donors (Lipinski definition) is 5. The Morgan fingerprint density at radius 3 is 2.44 bits per heavy atom. The summed E-state index contributed by atoms with van der Waals surface area (Å²) in [5.41, 5.74) is 0.0818. The molecular formula is C21H35IN4O6. The number of carbonyl (C=O) groups is 1. The van der Waals surface area contributed by atoms with Gasteiger partial charge in [0, 0.05) is 29.7 Å². The number of hydrogen-bond acceptors (Lipinski definition) is 9. The summed E-state index contributed by atoms with van der Waals surface area (Å²) in [4.78, 5) is 19.9. The van der Waals surface area contributed by atoms with E-state index in [1.807, 2.05) is 31.7 Å². The van der Waals surface area contributed by atoms with Crippen molar-refractivity contribution in [3.8, 4) is 0 Å². The molecule has 32 heavy (non-hydrogen) atoms. The number of halogens is 1.